The van der Waals surface area contributed by atoms with Crippen molar-refractivity contribution in [2.24, 2.45) is 5.73 Å². The van der Waals surface area contributed by atoms with Crippen LogP contribution in [0.1, 0.15) is 5.56 Å². The highest BCUT2D eigenvalue weighted by Crippen LogP contribution is 2.28. The van der Waals surface area contributed by atoms with Crippen molar-refractivity contribution in [2.45, 2.75) is 13.1 Å². The molecule has 0 bridgehead atoms. The van der Waals surface area contributed by atoms with Gasteiger partial charge in [0.1, 0.15) is 12.4 Å². The third-order valence-electron chi connectivity index (χ3n) is 2.75. The van der Waals surface area contributed by atoms with E-state index in [-0.39, 0.29) is 5.56 Å². The van der Waals surface area contributed by atoms with Gasteiger partial charge in [-0.05, 0) is 12.1 Å². The number of hydrogen-bond donors (Lipinski definition) is 1. The fourth-order valence-corrected chi connectivity index (χ4v) is 2.02. The van der Waals surface area contributed by atoms with E-state index in [4.69, 9.17) is 22.1 Å². The van der Waals surface area contributed by atoms with Crippen molar-refractivity contribution < 1.29 is 4.74 Å². The maximum absolute atomic E-state index is 11.5. The molecular weight excluding hydrogens is 264 g/mol. The minimum Gasteiger partial charge on any atom is -0.490 e. The average molecular weight is 279 g/mol. The number of ether oxygens (including phenoxy) is 1. The van der Waals surface area contributed by atoms with Crippen LogP contribution < -0.4 is 16.0 Å². The molecule has 2 rings (SSSR count). The van der Waals surface area contributed by atoms with E-state index in [9.17, 15) is 4.79 Å². The molecule has 1 aromatic carbocycles. The Kier molecular flexibility index (Phi) is 4.60. The quantitative estimate of drug-likeness (QED) is 0.910. The van der Waals surface area contributed by atoms with E-state index in [1.807, 2.05) is 18.2 Å². The van der Waals surface area contributed by atoms with Crippen LogP contribution in [-0.2, 0) is 13.1 Å². The highest BCUT2D eigenvalue weighted by molar-refractivity contribution is 6.32. The summed E-state index contributed by atoms with van der Waals surface area (Å²) in [5, 5.41) is 0.531. The molecule has 1 heterocycles. The van der Waals surface area contributed by atoms with Gasteiger partial charge in [-0.1, -0.05) is 29.8 Å². The number of aromatic nitrogens is 1. The van der Waals surface area contributed by atoms with Crippen LogP contribution in [0.2, 0.25) is 5.02 Å². The van der Waals surface area contributed by atoms with Gasteiger partial charge in [-0.2, -0.15) is 0 Å². The Bertz CT molecular complexity index is 610. The molecule has 4 nitrogen and oxygen atoms in total. The van der Waals surface area contributed by atoms with Crippen molar-refractivity contribution in [1.82, 2.24) is 4.57 Å². The number of para-hydroxylation sites is 1. The first-order valence-electron chi connectivity index (χ1n) is 5.98. The topological polar surface area (TPSA) is 57.2 Å². The van der Waals surface area contributed by atoms with Crippen molar-refractivity contribution in [3.63, 3.8) is 0 Å². The molecule has 0 aliphatic carbocycles. The van der Waals surface area contributed by atoms with Gasteiger partial charge in [0, 0.05) is 24.4 Å². The van der Waals surface area contributed by atoms with Crippen molar-refractivity contribution in [3.05, 3.63) is 63.5 Å². The molecule has 2 aromatic rings. The summed E-state index contributed by atoms with van der Waals surface area (Å²) in [7, 11) is 0. The number of rotatable bonds is 5. The number of nitrogens with zero attached hydrogens (tertiary/aromatic N) is 1. The Labute approximate surface area is 116 Å². The summed E-state index contributed by atoms with van der Waals surface area (Å²) in [4.78, 5) is 11.5. The molecule has 5 heteroatoms. The highest BCUT2D eigenvalue weighted by Gasteiger charge is 2.07. The van der Waals surface area contributed by atoms with E-state index in [0.717, 1.165) is 5.56 Å². The normalized spacial score (nSPS) is 10.4. The molecule has 0 aliphatic rings. The van der Waals surface area contributed by atoms with Crippen molar-refractivity contribution in [3.8, 4) is 5.75 Å². The molecule has 0 radical (unpaired) electrons. The minimum absolute atomic E-state index is 0.0516. The SMILES string of the molecule is NCc1cccc(Cl)c1OCCn1ccccc1=O. The average Bonchev–Trinajstić information content (AvgIpc) is 2.42. The van der Waals surface area contributed by atoms with Gasteiger partial charge in [-0.15, -0.1) is 0 Å². The minimum atomic E-state index is -0.0516. The van der Waals surface area contributed by atoms with E-state index >= 15 is 0 Å². The molecule has 0 fully saturated rings. The summed E-state index contributed by atoms with van der Waals surface area (Å²) in [5.41, 5.74) is 6.44. The van der Waals surface area contributed by atoms with E-state index in [0.29, 0.717) is 30.5 Å². The fraction of sp³-hybridized carbons (Fsp3) is 0.214. The molecule has 1 aromatic heterocycles. The highest BCUT2D eigenvalue weighted by atomic mass is 35.5. The Morgan fingerprint density at radius 3 is 2.79 bits per heavy atom. The smallest absolute Gasteiger partial charge is 0.250 e. The molecule has 19 heavy (non-hydrogen) atoms. The van der Waals surface area contributed by atoms with Crippen LogP contribution in [0.15, 0.2) is 47.4 Å². The standard InChI is InChI=1S/C14H15ClN2O2/c15-12-5-3-4-11(10-16)14(12)19-9-8-17-7-2-1-6-13(17)18/h1-7H,8-10,16H2. The monoisotopic (exact) mass is 278 g/mol. The molecule has 0 unspecified atom stereocenters. The number of pyridine rings is 1. The maximum Gasteiger partial charge on any atom is 0.250 e. The van der Waals surface area contributed by atoms with Crippen LogP contribution >= 0.6 is 11.6 Å². The molecule has 100 valence electrons. The first kappa shape index (κ1) is 13.6. The summed E-state index contributed by atoms with van der Waals surface area (Å²) in [5.74, 6) is 0.593. The lowest BCUT2D eigenvalue weighted by atomic mass is 10.2. The zero-order chi connectivity index (χ0) is 13.7. The molecule has 0 aliphatic heterocycles. The second kappa shape index (κ2) is 6.41. The third kappa shape index (κ3) is 3.36. The zero-order valence-electron chi connectivity index (χ0n) is 10.4. The molecule has 0 atom stereocenters. The molecule has 0 spiro atoms. The van der Waals surface area contributed by atoms with Crippen molar-refractivity contribution in [1.29, 1.82) is 0 Å². The number of nitrogens with two attached hydrogens (primary N) is 1. The van der Waals surface area contributed by atoms with Crippen LogP contribution in [0.5, 0.6) is 5.75 Å². The van der Waals surface area contributed by atoms with Crippen LogP contribution in [0, 0.1) is 0 Å². The van der Waals surface area contributed by atoms with Gasteiger partial charge in [0.25, 0.3) is 5.56 Å². The van der Waals surface area contributed by atoms with Gasteiger partial charge in [0.15, 0.2) is 0 Å². The van der Waals surface area contributed by atoms with E-state index in [1.165, 1.54) is 6.07 Å². The Balaban J connectivity index is 2.04. The summed E-state index contributed by atoms with van der Waals surface area (Å²) in [6.45, 7) is 1.19. The number of hydrogen-bond acceptors (Lipinski definition) is 3. The van der Waals surface area contributed by atoms with Crippen LogP contribution in [-0.4, -0.2) is 11.2 Å². The van der Waals surface area contributed by atoms with Gasteiger partial charge in [0.2, 0.25) is 0 Å². The van der Waals surface area contributed by atoms with Crippen LogP contribution in [0.4, 0.5) is 0 Å². The molecule has 0 saturated heterocycles. The maximum atomic E-state index is 11.5. The molecule has 0 saturated carbocycles. The lowest BCUT2D eigenvalue weighted by Gasteiger charge is -2.12. The summed E-state index contributed by atoms with van der Waals surface area (Å²) in [6, 6.07) is 10.5. The van der Waals surface area contributed by atoms with E-state index in [2.05, 4.69) is 0 Å². The predicted octanol–water partition coefficient (Wildman–Crippen LogP) is 2.04. The van der Waals surface area contributed by atoms with Crippen LogP contribution in [0.3, 0.4) is 0 Å². The third-order valence-corrected chi connectivity index (χ3v) is 3.04. The number of benzene rings is 1. The van der Waals surface area contributed by atoms with Crippen molar-refractivity contribution >= 4 is 11.6 Å². The lowest BCUT2D eigenvalue weighted by molar-refractivity contribution is 0.294. The van der Waals surface area contributed by atoms with Crippen molar-refractivity contribution in [2.75, 3.05) is 6.61 Å². The van der Waals surface area contributed by atoms with Crippen LogP contribution in [0.25, 0.3) is 0 Å². The first-order valence-corrected chi connectivity index (χ1v) is 6.36. The Hall–Kier alpha value is -1.78. The largest absolute Gasteiger partial charge is 0.490 e. The molecule has 0 amide bonds. The van der Waals surface area contributed by atoms with Gasteiger partial charge >= 0.3 is 0 Å². The summed E-state index contributed by atoms with van der Waals surface area (Å²) in [6.07, 6.45) is 1.72. The second-order valence-corrected chi connectivity index (χ2v) is 4.42. The molecular formula is C14H15ClN2O2. The van der Waals surface area contributed by atoms with Gasteiger partial charge in [-0.3, -0.25) is 4.79 Å². The predicted molar refractivity (Wildman–Crippen MR) is 75.5 cm³/mol. The van der Waals surface area contributed by atoms with Gasteiger partial charge < -0.3 is 15.0 Å². The second-order valence-electron chi connectivity index (χ2n) is 4.01. The molecule has 2 N–H and O–H groups in total. The van der Waals surface area contributed by atoms with E-state index in [1.54, 1.807) is 22.9 Å². The summed E-state index contributed by atoms with van der Waals surface area (Å²) < 4.78 is 7.23. The Morgan fingerprint density at radius 1 is 1.21 bits per heavy atom. The van der Waals surface area contributed by atoms with Gasteiger partial charge in [0.05, 0.1) is 11.6 Å². The zero-order valence-corrected chi connectivity index (χ0v) is 11.1. The summed E-state index contributed by atoms with van der Waals surface area (Å²) >= 11 is 6.07. The number of halogens is 1. The first-order chi connectivity index (χ1) is 9.22. The fourth-order valence-electron chi connectivity index (χ4n) is 1.77. The Morgan fingerprint density at radius 2 is 2.05 bits per heavy atom. The lowest BCUT2D eigenvalue weighted by Crippen LogP contribution is -2.21. The van der Waals surface area contributed by atoms with Gasteiger partial charge in [-0.25, -0.2) is 0 Å². The van der Waals surface area contributed by atoms with E-state index < -0.39 is 0 Å².